The summed E-state index contributed by atoms with van der Waals surface area (Å²) in [4.78, 5) is 53.1. The van der Waals surface area contributed by atoms with Gasteiger partial charge in [-0.3, -0.25) is 9.59 Å². The van der Waals surface area contributed by atoms with Crippen LogP contribution in [0.1, 0.15) is 72.2 Å². The zero-order valence-corrected chi connectivity index (χ0v) is 26.1. The smallest absolute Gasteiger partial charge is 0.338 e. The van der Waals surface area contributed by atoms with Gasteiger partial charge < -0.3 is 24.1 Å². The number of aliphatic hydroxyl groups excluding tert-OH is 1. The number of epoxide rings is 1. The van der Waals surface area contributed by atoms with Gasteiger partial charge in [-0.05, 0) is 62.3 Å². The zero-order valence-electron chi connectivity index (χ0n) is 26.1. The van der Waals surface area contributed by atoms with Crippen LogP contribution < -0.4 is 0 Å². The van der Waals surface area contributed by atoms with Crippen LogP contribution in [0.5, 0.6) is 0 Å². The van der Waals surface area contributed by atoms with E-state index in [0.29, 0.717) is 23.1 Å². The summed E-state index contributed by atoms with van der Waals surface area (Å²) in [7, 11) is 0. The van der Waals surface area contributed by atoms with Crippen LogP contribution >= 0.6 is 0 Å². The summed E-state index contributed by atoms with van der Waals surface area (Å²) in [5, 5.41) is 11.9. The molecule has 0 aromatic heterocycles. The summed E-state index contributed by atoms with van der Waals surface area (Å²) < 4.78 is 24.3. The number of benzene rings is 1. The highest BCUT2D eigenvalue weighted by molar-refractivity contribution is 5.96. The number of carbonyl (C=O) groups is 4. The van der Waals surface area contributed by atoms with E-state index in [1.54, 1.807) is 70.2 Å². The fraction of sp³-hybridized carbons (Fsp3) is 0.588. The van der Waals surface area contributed by atoms with Crippen molar-refractivity contribution in [2.75, 3.05) is 0 Å². The topological polar surface area (TPSA) is 129 Å². The molecule has 3 aliphatic carbocycles. The molecule has 1 aromatic carbocycles. The van der Waals surface area contributed by atoms with E-state index in [0.717, 1.165) is 0 Å². The number of aliphatic hydroxyl groups is 1. The third kappa shape index (κ3) is 4.85. The predicted octanol–water partition coefficient (Wildman–Crippen LogP) is 4.37. The second kappa shape index (κ2) is 10.7. The van der Waals surface area contributed by atoms with Gasteiger partial charge in [-0.25, -0.2) is 9.59 Å². The van der Waals surface area contributed by atoms with Crippen molar-refractivity contribution in [2.24, 2.45) is 29.1 Å². The van der Waals surface area contributed by atoms with E-state index in [2.05, 4.69) is 0 Å². The van der Waals surface area contributed by atoms with Crippen LogP contribution in [-0.4, -0.2) is 64.4 Å². The number of ether oxygens (including phenoxy) is 4. The Hall–Kier alpha value is -3.30. The minimum atomic E-state index is -1.33. The number of carbonyl (C=O) groups excluding carboxylic acids is 4. The Morgan fingerprint density at radius 2 is 1.63 bits per heavy atom. The Morgan fingerprint density at radius 3 is 2.23 bits per heavy atom. The van der Waals surface area contributed by atoms with Gasteiger partial charge >= 0.3 is 17.9 Å². The van der Waals surface area contributed by atoms with Gasteiger partial charge in [0.15, 0.2) is 17.0 Å². The minimum absolute atomic E-state index is 0.244. The number of allylic oxidation sites excluding steroid dienone is 1. The molecule has 0 radical (unpaired) electrons. The van der Waals surface area contributed by atoms with E-state index in [1.807, 2.05) is 20.8 Å². The van der Waals surface area contributed by atoms with Crippen molar-refractivity contribution in [1.29, 1.82) is 0 Å². The fourth-order valence-electron chi connectivity index (χ4n) is 7.79. The Labute approximate surface area is 252 Å². The van der Waals surface area contributed by atoms with E-state index in [1.165, 1.54) is 6.92 Å². The molecule has 0 spiro atoms. The lowest BCUT2D eigenvalue weighted by atomic mass is 9.80. The normalized spacial score (nSPS) is 40.8. The largest absolute Gasteiger partial charge is 0.461 e. The van der Waals surface area contributed by atoms with Crippen LogP contribution in [0.25, 0.3) is 0 Å². The first-order valence-electron chi connectivity index (χ1n) is 15.0. The maximum atomic E-state index is 14.4. The lowest BCUT2D eigenvalue weighted by Gasteiger charge is -2.28. The zero-order chi connectivity index (χ0) is 31.6. The minimum Gasteiger partial charge on any atom is -0.461 e. The van der Waals surface area contributed by atoms with E-state index in [9.17, 15) is 24.3 Å². The van der Waals surface area contributed by atoms with Gasteiger partial charge in [0.1, 0.15) is 24.4 Å². The maximum absolute atomic E-state index is 14.4. The molecule has 1 aliphatic heterocycles. The molecular weight excluding hydrogens is 552 g/mol. The third-order valence-electron chi connectivity index (χ3n) is 10.3. The van der Waals surface area contributed by atoms with Crippen molar-refractivity contribution in [3.05, 3.63) is 59.2 Å². The summed E-state index contributed by atoms with van der Waals surface area (Å²) in [6.07, 6.45) is -0.320. The SMILES string of the molecule is C/C=C(\C)C(=O)O[C@H]1[C@@H](C)C[C@@]23O[C@@]12/C=C(/C)[C@@H](O)[C@@H](OC(=O)c1ccccc1)[C@H]1[C@@H]([C@H](OC(C)=O)[C@@H](C)C3=O)C1(C)C. The predicted molar refractivity (Wildman–Crippen MR) is 156 cm³/mol. The average Bonchev–Trinajstić information content (AvgIpc) is 3.76. The van der Waals surface area contributed by atoms with Gasteiger partial charge in [-0.15, -0.1) is 0 Å². The molecule has 9 nitrogen and oxygen atoms in total. The van der Waals surface area contributed by atoms with Crippen molar-refractivity contribution < 1.29 is 43.2 Å². The van der Waals surface area contributed by atoms with Gasteiger partial charge in [0.25, 0.3) is 0 Å². The Balaban J connectivity index is 1.62. The Kier molecular flexibility index (Phi) is 7.75. The molecule has 0 amide bonds. The van der Waals surface area contributed by atoms with Gasteiger partial charge in [-0.2, -0.15) is 0 Å². The first-order chi connectivity index (χ1) is 20.1. The highest BCUT2D eigenvalue weighted by Gasteiger charge is 2.84. The van der Waals surface area contributed by atoms with Gasteiger partial charge in [0.2, 0.25) is 0 Å². The van der Waals surface area contributed by atoms with E-state index < -0.39 is 70.8 Å². The van der Waals surface area contributed by atoms with Crippen LogP contribution in [0.15, 0.2) is 53.6 Å². The number of rotatable bonds is 5. The quantitative estimate of drug-likeness (QED) is 0.174. The van der Waals surface area contributed by atoms with E-state index in [-0.39, 0.29) is 17.6 Å². The molecule has 1 saturated heterocycles. The molecule has 232 valence electrons. The number of esters is 3. The molecule has 3 fully saturated rings. The molecule has 1 heterocycles. The van der Waals surface area contributed by atoms with Crippen LogP contribution in [0.3, 0.4) is 0 Å². The molecule has 1 N–H and O–H groups in total. The molecule has 1 aromatic rings. The number of Topliss-reactive ketones (excluding diaryl/α,β-unsaturated/α-hetero) is 1. The van der Waals surface area contributed by atoms with Crippen molar-refractivity contribution >= 4 is 23.7 Å². The highest BCUT2D eigenvalue weighted by atomic mass is 16.7. The monoisotopic (exact) mass is 594 g/mol. The van der Waals surface area contributed by atoms with Crippen LogP contribution in [-0.2, 0) is 33.3 Å². The second-order valence-electron chi connectivity index (χ2n) is 13.4. The fourth-order valence-corrected chi connectivity index (χ4v) is 7.79. The van der Waals surface area contributed by atoms with Crippen molar-refractivity contribution in [3.63, 3.8) is 0 Å². The average molecular weight is 595 g/mol. The van der Waals surface area contributed by atoms with E-state index >= 15 is 0 Å². The molecular formula is C34H42O9. The summed E-state index contributed by atoms with van der Waals surface area (Å²) in [6, 6.07) is 8.52. The third-order valence-corrected chi connectivity index (χ3v) is 10.3. The number of hydrogen-bond donors (Lipinski definition) is 1. The van der Waals surface area contributed by atoms with Crippen LogP contribution in [0.2, 0.25) is 0 Å². The molecule has 10 atom stereocenters. The summed E-state index contributed by atoms with van der Waals surface area (Å²) in [5.74, 6) is -3.74. The molecule has 0 unspecified atom stereocenters. The van der Waals surface area contributed by atoms with Crippen LogP contribution in [0, 0.1) is 29.1 Å². The summed E-state index contributed by atoms with van der Waals surface area (Å²) in [5.41, 5.74) is -2.01. The lowest BCUT2D eigenvalue weighted by molar-refractivity contribution is -0.154. The van der Waals surface area contributed by atoms with Crippen molar-refractivity contribution in [1.82, 2.24) is 0 Å². The molecule has 0 bridgehead atoms. The number of fused-ring (bicyclic) bond motifs is 1. The first-order valence-corrected chi connectivity index (χ1v) is 15.0. The highest BCUT2D eigenvalue weighted by Crippen LogP contribution is 2.68. The van der Waals surface area contributed by atoms with Crippen molar-refractivity contribution in [2.45, 2.75) is 97.4 Å². The van der Waals surface area contributed by atoms with Gasteiger partial charge in [0, 0.05) is 24.3 Å². The molecule has 43 heavy (non-hydrogen) atoms. The van der Waals surface area contributed by atoms with E-state index in [4.69, 9.17) is 18.9 Å². The maximum Gasteiger partial charge on any atom is 0.338 e. The van der Waals surface area contributed by atoms with Gasteiger partial charge in [-0.1, -0.05) is 52.0 Å². The molecule has 2 saturated carbocycles. The van der Waals surface area contributed by atoms with Crippen LogP contribution in [0.4, 0.5) is 0 Å². The lowest BCUT2D eigenvalue weighted by Crippen LogP contribution is -2.43. The second-order valence-corrected chi connectivity index (χ2v) is 13.4. The molecule has 9 heteroatoms. The molecule has 4 aliphatic rings. The summed E-state index contributed by atoms with van der Waals surface area (Å²) >= 11 is 0. The Morgan fingerprint density at radius 1 is 1.00 bits per heavy atom. The number of hydrogen-bond acceptors (Lipinski definition) is 9. The standard InChI is InChI=1S/C34H42O9/c1-9-17(2)30(38)42-29-19(4)16-33-28(37)20(5)26(40-21(6)35)23-24(32(23,7)8)27(25(36)18(3)15-34(29,33)43-33)41-31(39)22-13-11-10-12-14-22/h9-15,19-20,23-27,29,36H,16H2,1-8H3/b17-9+,18-15-/t19-,20+,23-,24+,25+,26+,27-,29-,33-,34-/m0/s1. The van der Waals surface area contributed by atoms with Crippen molar-refractivity contribution in [3.8, 4) is 0 Å². The van der Waals surface area contributed by atoms with Gasteiger partial charge in [0.05, 0.1) is 11.5 Å². The molecule has 5 rings (SSSR count). The Bertz CT molecular complexity index is 1390. The first kappa shape index (κ1) is 31.1. The number of ketones is 1. The summed E-state index contributed by atoms with van der Waals surface area (Å²) in [6.45, 7) is 13.9.